The molecule has 0 aromatic heterocycles. The van der Waals surface area contributed by atoms with Crippen LogP contribution in [0.3, 0.4) is 0 Å². The fourth-order valence-corrected chi connectivity index (χ4v) is 1.75. The zero-order valence-electron chi connectivity index (χ0n) is 8.81. The van der Waals surface area contributed by atoms with Crippen molar-refractivity contribution in [3.05, 3.63) is 28.8 Å². The number of nitrogens with one attached hydrogen (secondary N) is 1. The Kier molecular flexibility index (Phi) is 3.20. The standard InChI is InChI=1S/C9H12N2O4S/c1-5-3-7(11-16(10,14)15)4-8(6(5)2)9(12)13/h3-4,11H,1-2H3,(H,12,13)(H2,10,14,15). The van der Waals surface area contributed by atoms with Crippen LogP contribution in [-0.4, -0.2) is 19.5 Å². The van der Waals surface area contributed by atoms with Crippen LogP contribution in [0.15, 0.2) is 12.1 Å². The fraction of sp³-hybridized carbons (Fsp3) is 0.222. The van der Waals surface area contributed by atoms with Gasteiger partial charge in [-0.15, -0.1) is 0 Å². The molecular formula is C9H12N2O4S. The number of carbonyl (C=O) groups is 1. The van der Waals surface area contributed by atoms with Crippen LogP contribution in [0.4, 0.5) is 5.69 Å². The summed E-state index contributed by atoms with van der Waals surface area (Å²) in [4.78, 5) is 10.9. The first-order valence-corrected chi connectivity index (χ1v) is 5.90. The smallest absolute Gasteiger partial charge is 0.336 e. The van der Waals surface area contributed by atoms with Crippen LogP contribution < -0.4 is 9.86 Å². The Labute approximate surface area is 93.3 Å². The lowest BCUT2D eigenvalue weighted by Crippen LogP contribution is -2.22. The highest BCUT2D eigenvalue weighted by Gasteiger charge is 2.12. The Bertz CT molecular complexity index is 537. The third kappa shape index (κ3) is 2.94. The molecule has 0 atom stereocenters. The molecule has 0 spiro atoms. The number of rotatable bonds is 3. The second kappa shape index (κ2) is 4.11. The third-order valence-corrected chi connectivity index (χ3v) is 2.68. The van der Waals surface area contributed by atoms with Crippen molar-refractivity contribution in [2.24, 2.45) is 5.14 Å². The molecule has 0 heterocycles. The topological polar surface area (TPSA) is 109 Å². The molecule has 6 nitrogen and oxygen atoms in total. The first kappa shape index (κ1) is 12.5. The summed E-state index contributed by atoms with van der Waals surface area (Å²) in [6.45, 7) is 3.34. The number of anilines is 1. The van der Waals surface area contributed by atoms with Crippen LogP contribution in [0.2, 0.25) is 0 Å². The van der Waals surface area contributed by atoms with E-state index in [0.717, 1.165) is 0 Å². The number of hydrogen-bond acceptors (Lipinski definition) is 3. The number of carboxylic acids is 1. The van der Waals surface area contributed by atoms with Gasteiger partial charge >= 0.3 is 5.97 Å². The largest absolute Gasteiger partial charge is 0.478 e. The van der Waals surface area contributed by atoms with Crippen molar-refractivity contribution in [3.63, 3.8) is 0 Å². The summed E-state index contributed by atoms with van der Waals surface area (Å²) in [7, 11) is -3.89. The van der Waals surface area contributed by atoms with Gasteiger partial charge in [0.05, 0.1) is 11.3 Å². The van der Waals surface area contributed by atoms with Crippen molar-refractivity contribution in [3.8, 4) is 0 Å². The van der Waals surface area contributed by atoms with E-state index in [-0.39, 0.29) is 11.3 Å². The van der Waals surface area contributed by atoms with Gasteiger partial charge in [-0.2, -0.15) is 8.42 Å². The second-order valence-corrected chi connectivity index (χ2v) is 4.71. The van der Waals surface area contributed by atoms with Crippen LogP contribution in [0.1, 0.15) is 21.5 Å². The minimum Gasteiger partial charge on any atom is -0.478 e. The molecule has 0 fully saturated rings. The van der Waals surface area contributed by atoms with Crippen LogP contribution in [-0.2, 0) is 10.2 Å². The fourth-order valence-electron chi connectivity index (χ4n) is 1.30. The van der Waals surface area contributed by atoms with Crippen LogP contribution >= 0.6 is 0 Å². The second-order valence-electron chi connectivity index (χ2n) is 3.42. The van der Waals surface area contributed by atoms with Crippen LogP contribution in [0, 0.1) is 13.8 Å². The Morgan fingerprint density at radius 3 is 2.38 bits per heavy atom. The molecule has 0 bridgehead atoms. The van der Waals surface area contributed by atoms with Gasteiger partial charge in [-0.25, -0.2) is 9.93 Å². The maximum absolute atomic E-state index is 10.9. The van der Waals surface area contributed by atoms with Gasteiger partial charge in [0.2, 0.25) is 0 Å². The maximum atomic E-state index is 10.9. The lowest BCUT2D eigenvalue weighted by molar-refractivity contribution is 0.0696. The zero-order valence-corrected chi connectivity index (χ0v) is 9.63. The first-order chi connectivity index (χ1) is 7.20. The van der Waals surface area contributed by atoms with Crippen molar-refractivity contribution in [2.45, 2.75) is 13.8 Å². The van der Waals surface area contributed by atoms with Gasteiger partial charge in [-0.05, 0) is 37.1 Å². The van der Waals surface area contributed by atoms with Gasteiger partial charge in [0.25, 0.3) is 10.2 Å². The van der Waals surface area contributed by atoms with Crippen molar-refractivity contribution >= 4 is 21.9 Å². The van der Waals surface area contributed by atoms with E-state index in [1.165, 1.54) is 12.1 Å². The summed E-state index contributed by atoms with van der Waals surface area (Å²) >= 11 is 0. The van der Waals surface area contributed by atoms with E-state index in [1.807, 2.05) is 4.72 Å². The van der Waals surface area contributed by atoms with Gasteiger partial charge in [-0.3, -0.25) is 4.72 Å². The number of hydrogen-bond donors (Lipinski definition) is 3. The lowest BCUT2D eigenvalue weighted by atomic mass is 10.0. The van der Waals surface area contributed by atoms with E-state index >= 15 is 0 Å². The average molecular weight is 244 g/mol. The molecule has 0 unspecified atom stereocenters. The maximum Gasteiger partial charge on any atom is 0.336 e. The molecule has 7 heteroatoms. The van der Waals surface area contributed by atoms with E-state index in [4.69, 9.17) is 10.2 Å². The number of carboxylic acid groups (broad SMARTS) is 1. The highest BCUT2D eigenvalue weighted by Crippen LogP contribution is 2.20. The predicted octanol–water partition coefficient (Wildman–Crippen LogP) is 0.617. The molecular weight excluding hydrogens is 232 g/mol. The summed E-state index contributed by atoms with van der Waals surface area (Å²) < 4.78 is 23.6. The van der Waals surface area contributed by atoms with Crippen molar-refractivity contribution in [1.29, 1.82) is 0 Å². The molecule has 0 amide bonds. The summed E-state index contributed by atoms with van der Waals surface area (Å²) in [5.41, 5.74) is 1.45. The normalized spacial score (nSPS) is 11.2. The van der Waals surface area contributed by atoms with Crippen molar-refractivity contribution in [2.75, 3.05) is 4.72 Å². The van der Waals surface area contributed by atoms with Crippen molar-refractivity contribution < 1.29 is 18.3 Å². The number of nitrogens with two attached hydrogens (primary N) is 1. The van der Waals surface area contributed by atoms with E-state index in [0.29, 0.717) is 11.1 Å². The minimum absolute atomic E-state index is 0.0474. The molecule has 16 heavy (non-hydrogen) atoms. The minimum atomic E-state index is -3.89. The molecule has 88 valence electrons. The Balaban J connectivity index is 3.30. The van der Waals surface area contributed by atoms with E-state index in [1.54, 1.807) is 13.8 Å². The summed E-state index contributed by atoms with van der Waals surface area (Å²) in [5.74, 6) is -1.11. The Morgan fingerprint density at radius 1 is 1.38 bits per heavy atom. The van der Waals surface area contributed by atoms with Gasteiger partial charge in [-0.1, -0.05) is 0 Å². The van der Waals surface area contributed by atoms with Gasteiger partial charge in [0.15, 0.2) is 0 Å². The average Bonchev–Trinajstić information content (AvgIpc) is 2.07. The molecule has 0 saturated carbocycles. The van der Waals surface area contributed by atoms with Crippen LogP contribution in [0.25, 0.3) is 0 Å². The molecule has 0 aliphatic rings. The summed E-state index contributed by atoms with van der Waals surface area (Å²) in [6, 6.07) is 2.75. The third-order valence-electron chi connectivity index (χ3n) is 2.16. The molecule has 4 N–H and O–H groups in total. The van der Waals surface area contributed by atoms with Crippen molar-refractivity contribution in [1.82, 2.24) is 0 Å². The number of aromatic carboxylic acids is 1. The van der Waals surface area contributed by atoms with E-state index < -0.39 is 16.2 Å². The number of aryl methyl sites for hydroxylation is 1. The molecule has 0 saturated heterocycles. The molecule has 0 aliphatic carbocycles. The SMILES string of the molecule is Cc1cc(NS(N)(=O)=O)cc(C(=O)O)c1C. The monoisotopic (exact) mass is 244 g/mol. The van der Waals surface area contributed by atoms with Crippen LogP contribution in [0.5, 0.6) is 0 Å². The summed E-state index contributed by atoms with van der Waals surface area (Å²) in [6.07, 6.45) is 0. The molecule has 1 rings (SSSR count). The molecule has 1 aromatic rings. The molecule has 0 radical (unpaired) electrons. The van der Waals surface area contributed by atoms with E-state index in [9.17, 15) is 13.2 Å². The summed E-state index contributed by atoms with van der Waals surface area (Å²) in [5, 5.41) is 13.7. The van der Waals surface area contributed by atoms with Gasteiger partial charge in [0, 0.05) is 0 Å². The molecule has 1 aromatic carbocycles. The predicted molar refractivity (Wildman–Crippen MR) is 59.6 cm³/mol. The zero-order chi connectivity index (χ0) is 12.5. The number of benzene rings is 1. The Hall–Kier alpha value is -1.60. The Morgan fingerprint density at radius 2 is 1.94 bits per heavy atom. The lowest BCUT2D eigenvalue weighted by Gasteiger charge is -2.09. The first-order valence-electron chi connectivity index (χ1n) is 4.36. The highest BCUT2D eigenvalue weighted by molar-refractivity contribution is 7.90. The quantitative estimate of drug-likeness (QED) is 0.723. The highest BCUT2D eigenvalue weighted by atomic mass is 32.2. The van der Waals surface area contributed by atoms with Gasteiger partial charge in [0.1, 0.15) is 0 Å². The molecule has 0 aliphatic heterocycles. The van der Waals surface area contributed by atoms with Gasteiger partial charge < -0.3 is 5.11 Å². The van der Waals surface area contributed by atoms with E-state index in [2.05, 4.69) is 0 Å².